The highest BCUT2D eigenvalue weighted by atomic mass is 16.2. The van der Waals surface area contributed by atoms with Gasteiger partial charge in [-0.1, -0.05) is 13.0 Å². The Morgan fingerprint density at radius 2 is 2.11 bits per heavy atom. The van der Waals surface area contributed by atoms with E-state index in [0.717, 1.165) is 24.2 Å². The van der Waals surface area contributed by atoms with E-state index in [1.165, 1.54) is 0 Å². The van der Waals surface area contributed by atoms with Gasteiger partial charge in [0.15, 0.2) is 0 Å². The number of benzene rings is 1. The zero-order valence-electron chi connectivity index (χ0n) is 12.4. The molecule has 0 aliphatic rings. The number of anilines is 2. The van der Waals surface area contributed by atoms with Crippen LogP contribution in [-0.4, -0.2) is 29.9 Å². The van der Waals surface area contributed by atoms with Crippen molar-refractivity contribution in [1.82, 2.24) is 4.90 Å². The van der Waals surface area contributed by atoms with Crippen molar-refractivity contribution in [2.45, 2.75) is 40.2 Å². The fraction of sp³-hybridized carbons (Fsp3) is 0.533. The molecule has 1 aromatic rings. The quantitative estimate of drug-likeness (QED) is 0.776. The summed E-state index contributed by atoms with van der Waals surface area (Å²) in [6.45, 7) is 9.59. The molecule has 3 N–H and O–H groups in total. The molecule has 1 rings (SSSR count). The van der Waals surface area contributed by atoms with Crippen molar-refractivity contribution in [1.29, 1.82) is 0 Å². The largest absolute Gasteiger partial charge is 0.398 e. The molecule has 0 bridgehead atoms. The molecule has 0 fully saturated rings. The monoisotopic (exact) mass is 263 g/mol. The van der Waals surface area contributed by atoms with Crippen molar-refractivity contribution in [3.8, 4) is 0 Å². The van der Waals surface area contributed by atoms with Gasteiger partial charge in [-0.3, -0.25) is 9.69 Å². The normalized spacial score (nSPS) is 11.1. The van der Waals surface area contributed by atoms with Crippen LogP contribution in [0.3, 0.4) is 0 Å². The van der Waals surface area contributed by atoms with E-state index in [0.29, 0.717) is 18.3 Å². The number of nitrogens with one attached hydrogen (secondary N) is 1. The Hall–Kier alpha value is -1.55. The van der Waals surface area contributed by atoms with Gasteiger partial charge in [0.2, 0.25) is 5.91 Å². The smallest absolute Gasteiger partial charge is 0.238 e. The van der Waals surface area contributed by atoms with Gasteiger partial charge in [0, 0.05) is 17.4 Å². The summed E-state index contributed by atoms with van der Waals surface area (Å²) in [5.74, 6) is 0.0100. The minimum Gasteiger partial charge on any atom is -0.398 e. The molecule has 0 aliphatic heterocycles. The zero-order chi connectivity index (χ0) is 14.4. The summed E-state index contributed by atoms with van der Waals surface area (Å²) in [7, 11) is 0. The maximum absolute atomic E-state index is 12.1. The van der Waals surface area contributed by atoms with Gasteiger partial charge >= 0.3 is 0 Å². The highest BCUT2D eigenvalue weighted by Crippen LogP contribution is 2.20. The summed E-state index contributed by atoms with van der Waals surface area (Å²) in [5.41, 5.74) is 8.25. The van der Waals surface area contributed by atoms with Crippen molar-refractivity contribution in [3.05, 3.63) is 23.8 Å². The number of amides is 1. The van der Waals surface area contributed by atoms with Crippen LogP contribution in [-0.2, 0) is 4.79 Å². The van der Waals surface area contributed by atoms with Gasteiger partial charge in [-0.25, -0.2) is 0 Å². The Bertz CT molecular complexity index is 429. The van der Waals surface area contributed by atoms with E-state index in [1.54, 1.807) is 0 Å². The number of nitrogens with two attached hydrogens (primary N) is 1. The second-order valence-corrected chi connectivity index (χ2v) is 5.13. The van der Waals surface area contributed by atoms with E-state index >= 15 is 0 Å². The van der Waals surface area contributed by atoms with E-state index in [1.807, 2.05) is 25.1 Å². The van der Waals surface area contributed by atoms with Gasteiger partial charge in [0.05, 0.1) is 6.54 Å². The van der Waals surface area contributed by atoms with Crippen LogP contribution in [0.25, 0.3) is 0 Å². The van der Waals surface area contributed by atoms with Crippen LogP contribution in [0.4, 0.5) is 11.4 Å². The predicted molar refractivity (Wildman–Crippen MR) is 81.2 cm³/mol. The zero-order valence-corrected chi connectivity index (χ0v) is 12.4. The SMILES string of the molecule is CCCN(CC(=O)Nc1cccc(N)c1C)C(C)C. The number of carbonyl (C=O) groups excluding carboxylic acids is 1. The molecule has 0 unspecified atom stereocenters. The summed E-state index contributed by atoms with van der Waals surface area (Å²) in [5, 5.41) is 2.93. The van der Waals surface area contributed by atoms with Crippen LogP contribution in [0.15, 0.2) is 18.2 Å². The molecule has 4 heteroatoms. The van der Waals surface area contributed by atoms with Gasteiger partial charge in [-0.2, -0.15) is 0 Å². The Balaban J connectivity index is 2.66. The molecule has 0 saturated carbocycles. The van der Waals surface area contributed by atoms with E-state index in [4.69, 9.17) is 5.73 Å². The molecule has 106 valence electrons. The van der Waals surface area contributed by atoms with Gasteiger partial charge in [-0.05, 0) is 51.4 Å². The van der Waals surface area contributed by atoms with Gasteiger partial charge in [0.25, 0.3) is 0 Å². The fourth-order valence-corrected chi connectivity index (χ4v) is 1.97. The first-order valence-corrected chi connectivity index (χ1v) is 6.84. The standard InChI is InChI=1S/C15H25N3O/c1-5-9-18(11(2)3)10-15(19)17-14-8-6-7-13(16)12(14)4/h6-8,11H,5,9-10,16H2,1-4H3,(H,17,19). The number of hydrogen-bond acceptors (Lipinski definition) is 3. The molecule has 0 heterocycles. The number of rotatable bonds is 6. The molecule has 1 aromatic carbocycles. The molecule has 1 amide bonds. The first-order chi connectivity index (χ1) is 8.95. The van der Waals surface area contributed by atoms with E-state index in [9.17, 15) is 4.79 Å². The van der Waals surface area contributed by atoms with Crippen LogP contribution in [0, 0.1) is 6.92 Å². The lowest BCUT2D eigenvalue weighted by molar-refractivity contribution is -0.117. The number of carbonyl (C=O) groups is 1. The van der Waals surface area contributed by atoms with Crippen LogP contribution >= 0.6 is 0 Å². The summed E-state index contributed by atoms with van der Waals surface area (Å²) in [6.07, 6.45) is 1.04. The molecular formula is C15H25N3O. The minimum absolute atomic E-state index is 0.0100. The lowest BCUT2D eigenvalue weighted by atomic mass is 10.1. The summed E-state index contributed by atoms with van der Waals surface area (Å²) < 4.78 is 0. The van der Waals surface area contributed by atoms with E-state index in [-0.39, 0.29) is 5.91 Å². The molecule has 0 radical (unpaired) electrons. The summed E-state index contributed by atoms with van der Waals surface area (Å²) >= 11 is 0. The van der Waals surface area contributed by atoms with E-state index < -0.39 is 0 Å². The first-order valence-electron chi connectivity index (χ1n) is 6.84. The predicted octanol–water partition coefficient (Wildman–Crippen LogP) is 2.64. The third-order valence-electron chi connectivity index (χ3n) is 3.24. The van der Waals surface area contributed by atoms with Crippen LogP contribution in [0.5, 0.6) is 0 Å². The third kappa shape index (κ3) is 4.56. The maximum Gasteiger partial charge on any atom is 0.238 e. The molecule has 0 atom stereocenters. The highest BCUT2D eigenvalue weighted by molar-refractivity contribution is 5.93. The van der Waals surface area contributed by atoms with Crippen LogP contribution in [0.2, 0.25) is 0 Å². The first kappa shape index (κ1) is 15.5. The second-order valence-electron chi connectivity index (χ2n) is 5.13. The third-order valence-corrected chi connectivity index (χ3v) is 3.24. The van der Waals surface area contributed by atoms with E-state index in [2.05, 4.69) is 31.0 Å². The van der Waals surface area contributed by atoms with Gasteiger partial charge in [-0.15, -0.1) is 0 Å². The number of nitrogen functional groups attached to an aromatic ring is 1. The van der Waals surface area contributed by atoms with Crippen molar-refractivity contribution in [2.75, 3.05) is 24.1 Å². The molecule has 0 aromatic heterocycles. The number of hydrogen-bond donors (Lipinski definition) is 2. The van der Waals surface area contributed by atoms with Gasteiger partial charge in [0.1, 0.15) is 0 Å². The second kappa shape index (κ2) is 7.14. The Morgan fingerprint density at radius 3 is 2.68 bits per heavy atom. The van der Waals surface area contributed by atoms with Crippen molar-refractivity contribution in [3.63, 3.8) is 0 Å². The van der Waals surface area contributed by atoms with Crippen molar-refractivity contribution < 1.29 is 4.79 Å². The topological polar surface area (TPSA) is 58.4 Å². The molecule has 0 spiro atoms. The Labute approximate surface area is 116 Å². The van der Waals surface area contributed by atoms with Crippen molar-refractivity contribution >= 4 is 17.3 Å². The lowest BCUT2D eigenvalue weighted by Gasteiger charge is -2.25. The summed E-state index contributed by atoms with van der Waals surface area (Å²) in [4.78, 5) is 14.2. The van der Waals surface area contributed by atoms with Crippen molar-refractivity contribution in [2.24, 2.45) is 0 Å². The molecule has 0 aliphatic carbocycles. The maximum atomic E-state index is 12.1. The highest BCUT2D eigenvalue weighted by Gasteiger charge is 2.14. The average Bonchev–Trinajstić information content (AvgIpc) is 2.34. The average molecular weight is 263 g/mol. The molecule has 0 saturated heterocycles. The minimum atomic E-state index is 0.0100. The van der Waals surface area contributed by atoms with Crippen LogP contribution < -0.4 is 11.1 Å². The van der Waals surface area contributed by atoms with Crippen LogP contribution in [0.1, 0.15) is 32.8 Å². The molecular weight excluding hydrogens is 238 g/mol. The molecule has 19 heavy (non-hydrogen) atoms. The molecule has 4 nitrogen and oxygen atoms in total. The summed E-state index contributed by atoms with van der Waals surface area (Å²) in [6, 6.07) is 5.93. The Kier molecular flexibility index (Phi) is 5.83. The number of nitrogens with zero attached hydrogens (tertiary/aromatic N) is 1. The lowest BCUT2D eigenvalue weighted by Crippen LogP contribution is -2.38. The van der Waals surface area contributed by atoms with Gasteiger partial charge < -0.3 is 11.1 Å². The fourth-order valence-electron chi connectivity index (χ4n) is 1.97. The Morgan fingerprint density at radius 1 is 1.42 bits per heavy atom.